The van der Waals surface area contributed by atoms with Crippen LogP contribution in [0.3, 0.4) is 0 Å². The van der Waals surface area contributed by atoms with Crippen molar-refractivity contribution < 1.29 is 19.0 Å². The van der Waals surface area contributed by atoms with E-state index in [0.29, 0.717) is 16.9 Å². The molecule has 0 aliphatic rings. The van der Waals surface area contributed by atoms with E-state index < -0.39 is 11.8 Å². The molecule has 1 aromatic carbocycles. The van der Waals surface area contributed by atoms with Gasteiger partial charge in [0.2, 0.25) is 0 Å². The summed E-state index contributed by atoms with van der Waals surface area (Å²) in [4.78, 5) is 14.4. The summed E-state index contributed by atoms with van der Waals surface area (Å²) >= 11 is 0. The summed E-state index contributed by atoms with van der Waals surface area (Å²) in [7, 11) is 1.49. The van der Waals surface area contributed by atoms with Crippen LogP contribution in [0.1, 0.15) is 10.5 Å². The molecule has 0 atom stereocenters. The van der Waals surface area contributed by atoms with Crippen molar-refractivity contribution in [3.8, 4) is 16.9 Å². The third-order valence-electron chi connectivity index (χ3n) is 2.47. The molecule has 1 N–H and O–H groups in total. The summed E-state index contributed by atoms with van der Waals surface area (Å²) in [6, 6.07) is 7.18. The standard InChI is InChI=1S/C13H10FNO3/c1-18-9-3-4-11(14)10(6-9)8-2-5-12(13(16)17)15-7-8/h2-7H,1H3,(H,16,17). The number of aromatic nitrogens is 1. The van der Waals surface area contributed by atoms with E-state index >= 15 is 0 Å². The number of carboxylic acids is 1. The van der Waals surface area contributed by atoms with Crippen LogP contribution >= 0.6 is 0 Å². The lowest BCUT2D eigenvalue weighted by Crippen LogP contribution is -1.99. The van der Waals surface area contributed by atoms with E-state index in [1.165, 1.54) is 43.6 Å². The highest BCUT2D eigenvalue weighted by Crippen LogP contribution is 2.26. The summed E-state index contributed by atoms with van der Waals surface area (Å²) in [5, 5.41) is 8.73. The number of rotatable bonds is 3. The Labute approximate surface area is 103 Å². The normalized spacial score (nSPS) is 10.1. The number of halogens is 1. The predicted octanol–water partition coefficient (Wildman–Crippen LogP) is 2.59. The number of ether oxygens (including phenoxy) is 1. The van der Waals surface area contributed by atoms with Crippen molar-refractivity contribution in [2.24, 2.45) is 0 Å². The van der Waals surface area contributed by atoms with Crippen molar-refractivity contribution in [2.45, 2.75) is 0 Å². The second-order valence-corrected chi connectivity index (χ2v) is 3.58. The van der Waals surface area contributed by atoms with Crippen LogP contribution in [-0.2, 0) is 0 Å². The van der Waals surface area contributed by atoms with Gasteiger partial charge in [-0.2, -0.15) is 0 Å². The SMILES string of the molecule is COc1ccc(F)c(-c2ccc(C(=O)O)nc2)c1. The van der Waals surface area contributed by atoms with Crippen molar-refractivity contribution in [3.05, 3.63) is 48.0 Å². The fourth-order valence-corrected chi connectivity index (χ4v) is 1.53. The lowest BCUT2D eigenvalue weighted by Gasteiger charge is -2.06. The van der Waals surface area contributed by atoms with Gasteiger partial charge in [0.05, 0.1) is 7.11 Å². The molecule has 1 heterocycles. The van der Waals surface area contributed by atoms with Gasteiger partial charge < -0.3 is 9.84 Å². The van der Waals surface area contributed by atoms with Gasteiger partial charge in [0, 0.05) is 17.3 Å². The molecule has 4 nitrogen and oxygen atoms in total. The highest BCUT2D eigenvalue weighted by atomic mass is 19.1. The first kappa shape index (κ1) is 12.0. The van der Waals surface area contributed by atoms with Crippen molar-refractivity contribution in [3.63, 3.8) is 0 Å². The van der Waals surface area contributed by atoms with Gasteiger partial charge in [-0.15, -0.1) is 0 Å². The molecule has 0 fully saturated rings. The molecule has 0 saturated carbocycles. The summed E-state index contributed by atoms with van der Waals surface area (Å²) in [6.45, 7) is 0. The molecule has 2 aromatic rings. The van der Waals surface area contributed by atoms with Crippen LogP contribution in [0.5, 0.6) is 5.75 Å². The van der Waals surface area contributed by atoms with Crippen LogP contribution < -0.4 is 4.74 Å². The Morgan fingerprint density at radius 1 is 1.33 bits per heavy atom. The molecule has 2 rings (SSSR count). The molecule has 0 unspecified atom stereocenters. The number of carboxylic acid groups (broad SMARTS) is 1. The maximum atomic E-state index is 13.7. The Morgan fingerprint density at radius 2 is 2.11 bits per heavy atom. The first-order valence-electron chi connectivity index (χ1n) is 5.15. The van der Waals surface area contributed by atoms with Gasteiger partial charge in [0.1, 0.15) is 17.3 Å². The van der Waals surface area contributed by atoms with E-state index in [0.717, 1.165) is 0 Å². The zero-order chi connectivity index (χ0) is 13.1. The van der Waals surface area contributed by atoms with Crippen LogP contribution in [0, 0.1) is 5.82 Å². The van der Waals surface area contributed by atoms with Crippen LogP contribution in [0.15, 0.2) is 36.5 Å². The Hall–Kier alpha value is -2.43. The number of methoxy groups -OCH3 is 1. The third kappa shape index (κ3) is 2.29. The Morgan fingerprint density at radius 3 is 2.67 bits per heavy atom. The average Bonchev–Trinajstić information content (AvgIpc) is 2.39. The summed E-state index contributed by atoms with van der Waals surface area (Å²) in [6.07, 6.45) is 1.32. The van der Waals surface area contributed by atoms with Gasteiger partial charge in [0.25, 0.3) is 0 Å². The van der Waals surface area contributed by atoms with E-state index in [-0.39, 0.29) is 5.69 Å². The van der Waals surface area contributed by atoms with Crippen LogP contribution in [0.4, 0.5) is 4.39 Å². The van der Waals surface area contributed by atoms with Crippen LogP contribution in [-0.4, -0.2) is 23.2 Å². The van der Waals surface area contributed by atoms with Crippen molar-refractivity contribution in [1.82, 2.24) is 4.98 Å². The molecule has 5 heteroatoms. The number of nitrogens with zero attached hydrogens (tertiary/aromatic N) is 1. The number of aromatic carboxylic acids is 1. The van der Waals surface area contributed by atoms with Crippen molar-refractivity contribution in [2.75, 3.05) is 7.11 Å². The van der Waals surface area contributed by atoms with E-state index in [2.05, 4.69) is 4.98 Å². The zero-order valence-electron chi connectivity index (χ0n) is 9.55. The maximum Gasteiger partial charge on any atom is 0.354 e. The summed E-state index contributed by atoms with van der Waals surface area (Å²) < 4.78 is 18.7. The molecule has 92 valence electrons. The number of benzene rings is 1. The maximum absolute atomic E-state index is 13.7. The molecule has 0 bridgehead atoms. The van der Waals surface area contributed by atoms with E-state index in [1.54, 1.807) is 0 Å². The van der Waals surface area contributed by atoms with E-state index in [1.807, 2.05) is 0 Å². The van der Waals surface area contributed by atoms with Crippen molar-refractivity contribution >= 4 is 5.97 Å². The van der Waals surface area contributed by atoms with Crippen molar-refractivity contribution in [1.29, 1.82) is 0 Å². The molecule has 0 aliphatic heterocycles. The molecule has 0 saturated heterocycles. The molecular weight excluding hydrogens is 237 g/mol. The van der Waals surface area contributed by atoms with Gasteiger partial charge in [-0.3, -0.25) is 0 Å². The Kier molecular flexibility index (Phi) is 3.23. The first-order chi connectivity index (χ1) is 8.61. The highest BCUT2D eigenvalue weighted by molar-refractivity contribution is 5.85. The largest absolute Gasteiger partial charge is 0.497 e. The number of hydrogen-bond donors (Lipinski definition) is 1. The fraction of sp³-hybridized carbons (Fsp3) is 0.0769. The number of hydrogen-bond acceptors (Lipinski definition) is 3. The second-order valence-electron chi connectivity index (χ2n) is 3.58. The quantitative estimate of drug-likeness (QED) is 0.905. The van der Waals surface area contributed by atoms with Gasteiger partial charge in [-0.1, -0.05) is 6.07 Å². The average molecular weight is 247 g/mol. The van der Waals surface area contributed by atoms with E-state index in [4.69, 9.17) is 9.84 Å². The summed E-state index contributed by atoms with van der Waals surface area (Å²) in [5.74, 6) is -1.01. The minimum Gasteiger partial charge on any atom is -0.497 e. The van der Waals surface area contributed by atoms with Crippen LogP contribution in [0.25, 0.3) is 11.1 Å². The van der Waals surface area contributed by atoms with Crippen LogP contribution in [0.2, 0.25) is 0 Å². The number of pyridine rings is 1. The molecule has 0 radical (unpaired) electrons. The monoisotopic (exact) mass is 247 g/mol. The van der Waals surface area contributed by atoms with Gasteiger partial charge in [-0.05, 0) is 24.3 Å². The molecule has 0 aliphatic carbocycles. The van der Waals surface area contributed by atoms with Gasteiger partial charge in [-0.25, -0.2) is 14.2 Å². The van der Waals surface area contributed by atoms with Gasteiger partial charge >= 0.3 is 5.97 Å². The zero-order valence-corrected chi connectivity index (χ0v) is 9.55. The second kappa shape index (κ2) is 4.83. The summed E-state index contributed by atoms with van der Waals surface area (Å²) in [5.41, 5.74) is 0.734. The minimum absolute atomic E-state index is 0.0814. The lowest BCUT2D eigenvalue weighted by atomic mass is 10.1. The fourth-order valence-electron chi connectivity index (χ4n) is 1.53. The smallest absolute Gasteiger partial charge is 0.354 e. The molecule has 18 heavy (non-hydrogen) atoms. The number of carbonyl (C=O) groups is 1. The Balaban J connectivity index is 2.44. The third-order valence-corrected chi connectivity index (χ3v) is 2.47. The first-order valence-corrected chi connectivity index (χ1v) is 5.15. The molecule has 1 aromatic heterocycles. The van der Waals surface area contributed by atoms with Gasteiger partial charge in [0.15, 0.2) is 0 Å². The lowest BCUT2D eigenvalue weighted by molar-refractivity contribution is 0.0690. The molecular formula is C13H10FNO3. The topological polar surface area (TPSA) is 59.4 Å². The minimum atomic E-state index is -1.12. The van der Waals surface area contributed by atoms with E-state index in [9.17, 15) is 9.18 Å². The Bertz CT molecular complexity index is 581. The molecule has 0 amide bonds. The highest BCUT2D eigenvalue weighted by Gasteiger charge is 2.09. The molecule has 0 spiro atoms. The predicted molar refractivity (Wildman–Crippen MR) is 63.1 cm³/mol.